The third-order valence-corrected chi connectivity index (χ3v) is 6.63. The highest BCUT2D eigenvalue weighted by atomic mass is 35.5. The van der Waals surface area contributed by atoms with Gasteiger partial charge in [-0.25, -0.2) is 9.97 Å². The quantitative estimate of drug-likeness (QED) is 0.471. The molecule has 2 aromatic carbocycles. The van der Waals surface area contributed by atoms with Crippen LogP contribution >= 0.6 is 11.6 Å². The number of hydrogen-bond donors (Lipinski definition) is 0. The first-order valence-electron chi connectivity index (χ1n) is 12.0. The molecule has 0 atom stereocenters. The van der Waals surface area contributed by atoms with E-state index in [1.54, 1.807) is 12.1 Å². The Morgan fingerprint density at radius 2 is 1.65 bits per heavy atom. The number of rotatable bonds is 6. The van der Waals surface area contributed by atoms with Crippen LogP contribution < -0.4 is 4.90 Å². The van der Waals surface area contributed by atoms with Crippen LogP contribution in [0, 0.1) is 19.8 Å². The van der Waals surface area contributed by atoms with Gasteiger partial charge in [-0.3, -0.25) is 4.79 Å². The van der Waals surface area contributed by atoms with E-state index in [1.165, 1.54) is 16.7 Å². The summed E-state index contributed by atoms with van der Waals surface area (Å²) in [5.74, 6) is 2.38. The molecule has 0 spiro atoms. The number of aromatic nitrogens is 2. The second kappa shape index (κ2) is 10.6. The minimum atomic E-state index is -0.00973. The summed E-state index contributed by atoms with van der Waals surface area (Å²) in [6, 6.07) is 15.9. The summed E-state index contributed by atoms with van der Waals surface area (Å²) in [4.78, 5) is 27.1. The lowest BCUT2D eigenvalue weighted by Gasteiger charge is -2.36. The number of nitrogens with zero attached hydrogens (tertiary/aromatic N) is 4. The molecule has 178 valence electrons. The van der Waals surface area contributed by atoms with Crippen LogP contribution in [-0.4, -0.2) is 47.0 Å². The summed E-state index contributed by atoms with van der Waals surface area (Å²) >= 11 is 6.27. The van der Waals surface area contributed by atoms with Crippen LogP contribution in [0.4, 0.5) is 5.82 Å². The van der Waals surface area contributed by atoms with Crippen LogP contribution in [0.1, 0.15) is 52.4 Å². The molecule has 4 rings (SSSR count). The molecule has 0 radical (unpaired) electrons. The van der Waals surface area contributed by atoms with E-state index in [0.717, 1.165) is 43.3 Å². The van der Waals surface area contributed by atoms with Crippen molar-refractivity contribution >= 4 is 23.3 Å². The normalized spacial score (nSPS) is 14.1. The molecule has 0 saturated carbocycles. The minimum absolute atomic E-state index is 0.00973. The van der Waals surface area contributed by atoms with Crippen molar-refractivity contribution in [1.29, 1.82) is 0 Å². The van der Waals surface area contributed by atoms with Gasteiger partial charge in [0.1, 0.15) is 11.6 Å². The molecule has 1 aliphatic rings. The smallest absolute Gasteiger partial charge is 0.255 e. The number of amides is 1. The van der Waals surface area contributed by atoms with E-state index in [1.807, 2.05) is 17.0 Å². The SMILES string of the molecule is Cc1ccc(Cc2c(C)nc(CC(C)C)nc2N2CCN(C(=O)c3ccccc3Cl)CC2)cc1. The fraction of sp³-hybridized carbons (Fsp3) is 0.393. The first-order valence-corrected chi connectivity index (χ1v) is 12.4. The topological polar surface area (TPSA) is 49.3 Å². The molecule has 5 nitrogen and oxygen atoms in total. The Balaban J connectivity index is 1.58. The van der Waals surface area contributed by atoms with Crippen molar-refractivity contribution in [3.63, 3.8) is 0 Å². The fourth-order valence-electron chi connectivity index (χ4n) is 4.40. The van der Waals surface area contributed by atoms with E-state index in [0.29, 0.717) is 29.6 Å². The summed E-state index contributed by atoms with van der Waals surface area (Å²) < 4.78 is 0. The molecule has 1 saturated heterocycles. The molecule has 6 heteroatoms. The molecule has 1 amide bonds. The van der Waals surface area contributed by atoms with Crippen molar-refractivity contribution in [1.82, 2.24) is 14.9 Å². The molecule has 2 heterocycles. The van der Waals surface area contributed by atoms with Gasteiger partial charge in [-0.1, -0.05) is 67.4 Å². The van der Waals surface area contributed by atoms with E-state index in [2.05, 4.69) is 56.9 Å². The van der Waals surface area contributed by atoms with Gasteiger partial charge < -0.3 is 9.80 Å². The van der Waals surface area contributed by atoms with Crippen molar-refractivity contribution in [3.05, 3.63) is 87.3 Å². The highest BCUT2D eigenvalue weighted by molar-refractivity contribution is 6.33. The Bertz CT molecular complexity index is 1150. The molecule has 3 aromatic rings. The highest BCUT2D eigenvalue weighted by Gasteiger charge is 2.26. The Morgan fingerprint density at radius 3 is 2.29 bits per heavy atom. The maximum absolute atomic E-state index is 13.0. The Kier molecular flexibility index (Phi) is 7.52. The molecule has 0 bridgehead atoms. The van der Waals surface area contributed by atoms with E-state index in [-0.39, 0.29) is 5.91 Å². The van der Waals surface area contributed by atoms with Crippen molar-refractivity contribution in [3.8, 4) is 0 Å². The molecule has 0 unspecified atom stereocenters. The van der Waals surface area contributed by atoms with Crippen molar-refractivity contribution in [2.75, 3.05) is 31.1 Å². The monoisotopic (exact) mass is 476 g/mol. The molecular weight excluding hydrogens is 444 g/mol. The number of halogens is 1. The van der Waals surface area contributed by atoms with Crippen LogP contribution in [0.15, 0.2) is 48.5 Å². The zero-order valence-electron chi connectivity index (χ0n) is 20.5. The second-order valence-electron chi connectivity index (χ2n) is 9.55. The summed E-state index contributed by atoms with van der Waals surface area (Å²) in [6.07, 6.45) is 1.64. The first kappa shape index (κ1) is 24.2. The number of aryl methyl sites for hydroxylation is 2. The van der Waals surface area contributed by atoms with Crippen molar-refractivity contribution in [2.24, 2.45) is 5.92 Å². The van der Waals surface area contributed by atoms with Gasteiger partial charge in [0.2, 0.25) is 0 Å². The van der Waals surface area contributed by atoms with Gasteiger partial charge >= 0.3 is 0 Å². The van der Waals surface area contributed by atoms with Crippen LogP contribution in [-0.2, 0) is 12.8 Å². The van der Waals surface area contributed by atoms with Gasteiger partial charge in [-0.05, 0) is 37.5 Å². The van der Waals surface area contributed by atoms with Crippen molar-refractivity contribution < 1.29 is 4.79 Å². The zero-order valence-corrected chi connectivity index (χ0v) is 21.3. The first-order chi connectivity index (χ1) is 16.3. The molecule has 34 heavy (non-hydrogen) atoms. The summed E-state index contributed by atoms with van der Waals surface area (Å²) in [5, 5.41) is 0.500. The van der Waals surface area contributed by atoms with Gasteiger partial charge in [-0.2, -0.15) is 0 Å². The van der Waals surface area contributed by atoms with Gasteiger partial charge in [0.05, 0.1) is 10.6 Å². The zero-order chi connectivity index (χ0) is 24.2. The van der Waals surface area contributed by atoms with E-state index < -0.39 is 0 Å². The van der Waals surface area contributed by atoms with Gasteiger partial charge in [0.15, 0.2) is 0 Å². The van der Waals surface area contributed by atoms with Gasteiger partial charge in [0.25, 0.3) is 5.91 Å². The van der Waals surface area contributed by atoms with Crippen LogP contribution in [0.5, 0.6) is 0 Å². The average Bonchev–Trinajstić information content (AvgIpc) is 2.81. The summed E-state index contributed by atoms with van der Waals surface area (Å²) in [6.45, 7) is 11.3. The maximum atomic E-state index is 13.0. The number of carbonyl (C=O) groups excluding carboxylic acids is 1. The molecule has 1 fully saturated rings. The fourth-order valence-corrected chi connectivity index (χ4v) is 4.62. The lowest BCUT2D eigenvalue weighted by atomic mass is 10.0. The third-order valence-electron chi connectivity index (χ3n) is 6.30. The predicted octanol–water partition coefficient (Wildman–Crippen LogP) is 5.50. The second-order valence-corrected chi connectivity index (χ2v) is 9.95. The van der Waals surface area contributed by atoms with Crippen molar-refractivity contribution in [2.45, 2.75) is 40.5 Å². The lowest BCUT2D eigenvalue weighted by molar-refractivity contribution is 0.0746. The molecule has 1 aromatic heterocycles. The largest absolute Gasteiger partial charge is 0.353 e. The Labute approximate surface area is 207 Å². The van der Waals surface area contributed by atoms with Crippen LogP contribution in [0.3, 0.4) is 0 Å². The summed E-state index contributed by atoms with van der Waals surface area (Å²) in [5.41, 5.74) is 5.28. The standard InChI is InChI=1S/C28H33ClN4O/c1-19(2)17-26-30-21(4)24(18-22-11-9-20(3)10-12-22)27(31-26)32-13-15-33(16-14-32)28(34)23-7-5-6-8-25(23)29/h5-12,19H,13-18H2,1-4H3. The van der Waals surface area contributed by atoms with Crippen LogP contribution in [0.2, 0.25) is 5.02 Å². The molecule has 0 N–H and O–H groups in total. The number of hydrogen-bond acceptors (Lipinski definition) is 4. The molecular formula is C28H33ClN4O. The minimum Gasteiger partial charge on any atom is -0.353 e. The van der Waals surface area contributed by atoms with Gasteiger partial charge in [0, 0.05) is 50.3 Å². The third kappa shape index (κ3) is 5.58. The van der Waals surface area contributed by atoms with E-state index in [4.69, 9.17) is 21.6 Å². The van der Waals surface area contributed by atoms with E-state index in [9.17, 15) is 4.79 Å². The van der Waals surface area contributed by atoms with Gasteiger partial charge in [-0.15, -0.1) is 0 Å². The van der Waals surface area contributed by atoms with E-state index >= 15 is 0 Å². The van der Waals surface area contributed by atoms with Crippen LogP contribution in [0.25, 0.3) is 0 Å². The highest BCUT2D eigenvalue weighted by Crippen LogP contribution is 2.27. The lowest BCUT2D eigenvalue weighted by Crippen LogP contribution is -2.49. The molecule has 0 aliphatic carbocycles. The number of anilines is 1. The number of carbonyl (C=O) groups is 1. The maximum Gasteiger partial charge on any atom is 0.255 e. The Hall–Kier alpha value is -2.92. The Morgan fingerprint density at radius 1 is 0.971 bits per heavy atom. The predicted molar refractivity (Wildman–Crippen MR) is 139 cm³/mol. The number of benzene rings is 2. The summed E-state index contributed by atoms with van der Waals surface area (Å²) in [7, 11) is 0. The number of piperazine rings is 1. The molecule has 1 aliphatic heterocycles. The average molecular weight is 477 g/mol.